The van der Waals surface area contributed by atoms with Crippen molar-refractivity contribution in [2.45, 2.75) is 75.5 Å². The Hall–Kier alpha value is -4.04. The molecule has 0 heterocycles. The van der Waals surface area contributed by atoms with Gasteiger partial charge in [-0.05, 0) is 44.2 Å². The molecule has 216 valence electrons. The molecule has 39 heavy (non-hydrogen) atoms. The highest BCUT2D eigenvalue weighted by Crippen LogP contribution is 2.08. The van der Waals surface area contributed by atoms with Gasteiger partial charge >= 0.3 is 11.9 Å². The number of aliphatic carboxylic acids is 2. The zero-order chi connectivity index (χ0) is 29.4. The number of carboxylic acid groups (broad SMARTS) is 2. The van der Waals surface area contributed by atoms with E-state index in [9.17, 15) is 33.9 Å². The van der Waals surface area contributed by atoms with Gasteiger partial charge in [-0.3, -0.25) is 24.0 Å². The van der Waals surface area contributed by atoms with Gasteiger partial charge in [0.25, 0.3) is 0 Å². The van der Waals surface area contributed by atoms with Crippen LogP contribution in [0.25, 0.3) is 0 Å². The summed E-state index contributed by atoms with van der Waals surface area (Å²) in [6.07, 6.45) is 0.0965. The first-order chi connectivity index (χ1) is 18.4. The number of nitrogens with two attached hydrogens (primary N) is 3. The summed E-state index contributed by atoms with van der Waals surface area (Å²) >= 11 is 0. The van der Waals surface area contributed by atoms with Crippen LogP contribution in [0.1, 0.15) is 50.5 Å². The largest absolute Gasteiger partial charge is 0.481 e. The molecule has 1 aromatic rings. The summed E-state index contributed by atoms with van der Waals surface area (Å²) < 4.78 is 0. The number of unbranched alkanes of at least 4 members (excludes halogenated alkanes) is 1. The second kappa shape index (κ2) is 17.5. The van der Waals surface area contributed by atoms with E-state index in [1.165, 1.54) is 0 Å². The minimum absolute atomic E-state index is 0.0234. The third-order valence-electron chi connectivity index (χ3n) is 5.80. The Morgan fingerprint density at radius 3 is 1.85 bits per heavy atom. The van der Waals surface area contributed by atoms with Gasteiger partial charge in [0, 0.05) is 19.3 Å². The molecule has 0 radical (unpaired) electrons. The summed E-state index contributed by atoms with van der Waals surface area (Å²) in [5.74, 6) is -5.54. The van der Waals surface area contributed by atoms with Crippen molar-refractivity contribution >= 4 is 35.6 Å². The fraction of sp³-hybridized carbons (Fsp3) is 0.520. The van der Waals surface area contributed by atoms with Crippen molar-refractivity contribution in [3.05, 3.63) is 35.9 Å². The van der Waals surface area contributed by atoms with Crippen LogP contribution in [0.4, 0.5) is 0 Å². The van der Waals surface area contributed by atoms with Crippen molar-refractivity contribution in [3.63, 3.8) is 0 Å². The molecule has 0 aliphatic rings. The molecular formula is C25H38N6O8. The van der Waals surface area contributed by atoms with Gasteiger partial charge in [-0.1, -0.05) is 30.3 Å². The lowest BCUT2D eigenvalue weighted by molar-refractivity contribution is -0.142. The molecule has 1 rings (SSSR count). The van der Waals surface area contributed by atoms with E-state index in [1.807, 2.05) is 0 Å². The van der Waals surface area contributed by atoms with E-state index in [0.717, 1.165) is 0 Å². The van der Waals surface area contributed by atoms with Gasteiger partial charge in [0.2, 0.25) is 23.6 Å². The van der Waals surface area contributed by atoms with Crippen molar-refractivity contribution in [3.8, 4) is 0 Å². The van der Waals surface area contributed by atoms with Crippen LogP contribution in [0.2, 0.25) is 0 Å². The summed E-state index contributed by atoms with van der Waals surface area (Å²) in [6.45, 7) is 0.335. The number of carbonyl (C=O) groups excluding carboxylic acids is 4. The molecule has 0 bridgehead atoms. The van der Waals surface area contributed by atoms with E-state index in [0.29, 0.717) is 24.9 Å². The van der Waals surface area contributed by atoms with Crippen molar-refractivity contribution in [2.24, 2.45) is 17.2 Å². The van der Waals surface area contributed by atoms with Crippen LogP contribution in [0.5, 0.6) is 0 Å². The molecular weight excluding hydrogens is 512 g/mol. The number of primary amides is 1. The number of carbonyl (C=O) groups is 6. The number of carboxylic acids is 2. The summed E-state index contributed by atoms with van der Waals surface area (Å²) in [4.78, 5) is 72.6. The fourth-order valence-corrected chi connectivity index (χ4v) is 3.60. The van der Waals surface area contributed by atoms with Gasteiger partial charge in [0.15, 0.2) is 0 Å². The van der Waals surface area contributed by atoms with Gasteiger partial charge < -0.3 is 43.4 Å². The topological polar surface area (TPSA) is 257 Å². The third-order valence-corrected chi connectivity index (χ3v) is 5.80. The molecule has 11 N–H and O–H groups in total. The lowest BCUT2D eigenvalue weighted by Gasteiger charge is -2.25. The molecule has 0 aromatic heterocycles. The number of amides is 4. The lowest BCUT2D eigenvalue weighted by Crippen LogP contribution is -2.57. The van der Waals surface area contributed by atoms with Crippen molar-refractivity contribution in [1.82, 2.24) is 16.0 Å². The Morgan fingerprint density at radius 2 is 1.31 bits per heavy atom. The van der Waals surface area contributed by atoms with Crippen LogP contribution in [0, 0.1) is 0 Å². The highest BCUT2D eigenvalue weighted by molar-refractivity contribution is 5.94. The molecule has 0 spiro atoms. The summed E-state index contributed by atoms with van der Waals surface area (Å²) in [7, 11) is 0. The van der Waals surface area contributed by atoms with Gasteiger partial charge in [-0.25, -0.2) is 4.79 Å². The average Bonchev–Trinajstić information content (AvgIpc) is 2.88. The van der Waals surface area contributed by atoms with Crippen molar-refractivity contribution < 1.29 is 39.0 Å². The predicted octanol–water partition coefficient (Wildman–Crippen LogP) is -1.65. The number of hydrogen-bond donors (Lipinski definition) is 8. The molecule has 0 aliphatic heterocycles. The maximum Gasteiger partial charge on any atom is 0.326 e. The first kappa shape index (κ1) is 33.0. The van der Waals surface area contributed by atoms with E-state index in [-0.39, 0.29) is 38.5 Å². The lowest BCUT2D eigenvalue weighted by atomic mass is 10.0. The average molecular weight is 551 g/mol. The van der Waals surface area contributed by atoms with Crippen LogP contribution in [0.15, 0.2) is 30.3 Å². The number of nitrogens with one attached hydrogen (secondary N) is 3. The minimum Gasteiger partial charge on any atom is -0.481 e. The van der Waals surface area contributed by atoms with Gasteiger partial charge in [-0.15, -0.1) is 0 Å². The second-order valence-electron chi connectivity index (χ2n) is 9.04. The maximum atomic E-state index is 13.1. The van der Waals surface area contributed by atoms with E-state index < -0.39 is 59.7 Å². The standard InChI is InChI=1S/C25H38N6O8/c26-13-5-4-8-17(29-22(35)16(27)9-12-21(33)34)23(36)30-18(10-11-20(28)32)24(37)31-19(25(38)39)14-15-6-2-1-3-7-15/h1-3,6-7,16-19H,4-5,8-14,26-27H2,(H2,28,32)(H,29,35)(H,30,36)(H,31,37)(H,33,34)(H,38,39). The highest BCUT2D eigenvalue weighted by atomic mass is 16.4. The molecule has 14 nitrogen and oxygen atoms in total. The predicted molar refractivity (Wildman–Crippen MR) is 140 cm³/mol. The van der Waals surface area contributed by atoms with Crippen molar-refractivity contribution in [1.29, 1.82) is 0 Å². The number of rotatable bonds is 19. The summed E-state index contributed by atoms with van der Waals surface area (Å²) in [5, 5.41) is 25.8. The molecule has 4 atom stereocenters. The number of hydrogen-bond acceptors (Lipinski definition) is 8. The van der Waals surface area contributed by atoms with Gasteiger partial charge in [0.05, 0.1) is 6.04 Å². The van der Waals surface area contributed by atoms with Crippen LogP contribution >= 0.6 is 0 Å². The van der Waals surface area contributed by atoms with Crippen LogP contribution < -0.4 is 33.2 Å². The van der Waals surface area contributed by atoms with E-state index in [1.54, 1.807) is 30.3 Å². The van der Waals surface area contributed by atoms with Gasteiger partial charge in [-0.2, -0.15) is 0 Å². The van der Waals surface area contributed by atoms with Crippen molar-refractivity contribution in [2.75, 3.05) is 6.54 Å². The molecule has 4 amide bonds. The zero-order valence-electron chi connectivity index (χ0n) is 21.6. The zero-order valence-corrected chi connectivity index (χ0v) is 21.6. The quantitative estimate of drug-likeness (QED) is 0.0910. The monoisotopic (exact) mass is 550 g/mol. The highest BCUT2D eigenvalue weighted by Gasteiger charge is 2.30. The maximum absolute atomic E-state index is 13.1. The fourth-order valence-electron chi connectivity index (χ4n) is 3.60. The Bertz CT molecular complexity index is 990. The SMILES string of the molecule is NCCCCC(NC(=O)C(N)CCC(=O)O)C(=O)NC(CCC(N)=O)C(=O)NC(Cc1ccccc1)C(=O)O. The second-order valence-corrected chi connectivity index (χ2v) is 9.04. The summed E-state index contributed by atoms with van der Waals surface area (Å²) in [5.41, 5.74) is 17.1. The minimum atomic E-state index is -1.34. The van der Waals surface area contributed by atoms with E-state index in [2.05, 4.69) is 16.0 Å². The molecule has 1 aromatic carbocycles. The van der Waals surface area contributed by atoms with Crippen LogP contribution in [-0.4, -0.2) is 76.5 Å². The first-order valence-electron chi connectivity index (χ1n) is 12.6. The molecule has 4 unspecified atom stereocenters. The Kier molecular flexibility index (Phi) is 14.8. The molecule has 0 aliphatic carbocycles. The van der Waals surface area contributed by atoms with Crippen LogP contribution in [-0.2, 0) is 35.2 Å². The van der Waals surface area contributed by atoms with E-state index >= 15 is 0 Å². The van der Waals surface area contributed by atoms with E-state index in [4.69, 9.17) is 22.3 Å². The Labute approximate surface area is 226 Å². The first-order valence-corrected chi connectivity index (χ1v) is 12.6. The molecule has 0 saturated heterocycles. The molecule has 14 heteroatoms. The Balaban J connectivity index is 3.02. The number of benzene rings is 1. The molecule has 0 saturated carbocycles. The van der Waals surface area contributed by atoms with Gasteiger partial charge in [0.1, 0.15) is 18.1 Å². The molecule has 0 fully saturated rings. The normalized spacial score (nSPS) is 13.8. The smallest absolute Gasteiger partial charge is 0.326 e. The Morgan fingerprint density at radius 1 is 0.744 bits per heavy atom. The third kappa shape index (κ3) is 13.4. The van der Waals surface area contributed by atoms with Crippen LogP contribution in [0.3, 0.4) is 0 Å². The summed E-state index contributed by atoms with van der Waals surface area (Å²) in [6, 6.07) is 3.61.